The number of hydrogen-bond acceptors (Lipinski definition) is 5. The summed E-state index contributed by atoms with van der Waals surface area (Å²) in [6.45, 7) is 5.28. The molecule has 0 saturated carbocycles. The van der Waals surface area contributed by atoms with Crippen molar-refractivity contribution in [2.75, 3.05) is 59.5 Å². The van der Waals surface area contributed by atoms with E-state index in [9.17, 15) is 9.59 Å². The monoisotopic (exact) mass is 273 g/mol. The SMILES string of the molecule is CN1CCN(CCCNC(=O)COCC(=O)O)CC1. The Morgan fingerprint density at radius 1 is 1.21 bits per heavy atom. The third-order valence-electron chi connectivity index (χ3n) is 3.03. The van der Waals surface area contributed by atoms with E-state index in [1.165, 1.54) is 0 Å². The Balaban J connectivity index is 1.95. The molecule has 0 atom stereocenters. The minimum atomic E-state index is -1.07. The molecule has 0 unspecified atom stereocenters. The number of piperazine rings is 1. The van der Waals surface area contributed by atoms with Crippen molar-refractivity contribution in [2.45, 2.75) is 6.42 Å². The minimum Gasteiger partial charge on any atom is -0.480 e. The molecule has 1 fully saturated rings. The fourth-order valence-electron chi connectivity index (χ4n) is 1.88. The lowest BCUT2D eigenvalue weighted by Crippen LogP contribution is -2.45. The molecule has 1 saturated heterocycles. The van der Waals surface area contributed by atoms with Gasteiger partial charge in [0.2, 0.25) is 5.91 Å². The van der Waals surface area contributed by atoms with Crippen molar-refractivity contribution < 1.29 is 19.4 Å². The molecular formula is C12H23N3O4. The van der Waals surface area contributed by atoms with E-state index in [0.29, 0.717) is 6.54 Å². The van der Waals surface area contributed by atoms with E-state index >= 15 is 0 Å². The Morgan fingerprint density at radius 2 is 1.89 bits per heavy atom. The highest BCUT2D eigenvalue weighted by Crippen LogP contribution is 1.99. The van der Waals surface area contributed by atoms with Gasteiger partial charge in [-0.1, -0.05) is 0 Å². The summed E-state index contributed by atoms with van der Waals surface area (Å²) in [5.41, 5.74) is 0. The highest BCUT2D eigenvalue weighted by molar-refractivity contribution is 5.77. The van der Waals surface area contributed by atoms with Gasteiger partial charge in [-0.25, -0.2) is 4.79 Å². The molecule has 2 N–H and O–H groups in total. The van der Waals surface area contributed by atoms with Crippen LogP contribution in [0.25, 0.3) is 0 Å². The second-order valence-electron chi connectivity index (χ2n) is 4.73. The smallest absolute Gasteiger partial charge is 0.329 e. The maximum Gasteiger partial charge on any atom is 0.329 e. The summed E-state index contributed by atoms with van der Waals surface area (Å²) in [5, 5.41) is 11.0. The molecule has 0 aromatic heterocycles. The van der Waals surface area contributed by atoms with Gasteiger partial charge in [0.15, 0.2) is 0 Å². The normalized spacial score (nSPS) is 17.3. The van der Waals surface area contributed by atoms with Gasteiger partial charge in [-0.2, -0.15) is 0 Å². The number of nitrogens with zero attached hydrogens (tertiary/aromatic N) is 2. The quantitative estimate of drug-likeness (QED) is 0.543. The molecule has 1 heterocycles. The number of carboxylic acid groups (broad SMARTS) is 1. The van der Waals surface area contributed by atoms with Crippen LogP contribution >= 0.6 is 0 Å². The molecule has 1 amide bonds. The van der Waals surface area contributed by atoms with Crippen LogP contribution in [0, 0.1) is 0 Å². The van der Waals surface area contributed by atoms with E-state index in [2.05, 4.69) is 26.9 Å². The van der Waals surface area contributed by atoms with Crippen LogP contribution in [0.15, 0.2) is 0 Å². The largest absolute Gasteiger partial charge is 0.480 e. The van der Waals surface area contributed by atoms with Crippen molar-refractivity contribution in [2.24, 2.45) is 0 Å². The third kappa shape index (κ3) is 7.76. The molecule has 7 nitrogen and oxygen atoms in total. The molecule has 19 heavy (non-hydrogen) atoms. The average Bonchev–Trinajstić information content (AvgIpc) is 2.36. The Kier molecular flexibility index (Phi) is 7.39. The van der Waals surface area contributed by atoms with Crippen molar-refractivity contribution in [3.05, 3.63) is 0 Å². The van der Waals surface area contributed by atoms with Crippen LogP contribution in [0.3, 0.4) is 0 Å². The van der Waals surface area contributed by atoms with Crippen LogP contribution in [-0.2, 0) is 14.3 Å². The van der Waals surface area contributed by atoms with Crippen molar-refractivity contribution in [1.82, 2.24) is 15.1 Å². The lowest BCUT2D eigenvalue weighted by molar-refractivity contribution is -0.143. The molecule has 1 rings (SSSR count). The van der Waals surface area contributed by atoms with Crippen LogP contribution in [0.5, 0.6) is 0 Å². The fourth-order valence-corrected chi connectivity index (χ4v) is 1.88. The second kappa shape index (κ2) is 8.84. The van der Waals surface area contributed by atoms with Gasteiger partial charge in [0.25, 0.3) is 0 Å². The number of carbonyl (C=O) groups is 2. The summed E-state index contributed by atoms with van der Waals surface area (Å²) in [4.78, 5) is 26.1. The highest BCUT2D eigenvalue weighted by atomic mass is 16.5. The molecule has 110 valence electrons. The number of nitrogens with one attached hydrogen (secondary N) is 1. The van der Waals surface area contributed by atoms with E-state index in [4.69, 9.17) is 5.11 Å². The van der Waals surface area contributed by atoms with E-state index in [-0.39, 0.29) is 12.5 Å². The van der Waals surface area contributed by atoms with Crippen LogP contribution in [0.4, 0.5) is 0 Å². The van der Waals surface area contributed by atoms with Crippen molar-refractivity contribution in [3.63, 3.8) is 0 Å². The highest BCUT2D eigenvalue weighted by Gasteiger charge is 2.12. The summed E-state index contributed by atoms with van der Waals surface area (Å²) in [6, 6.07) is 0. The third-order valence-corrected chi connectivity index (χ3v) is 3.03. The molecule has 0 aromatic carbocycles. The summed E-state index contributed by atoms with van der Waals surface area (Å²) in [6.07, 6.45) is 0.897. The molecule has 0 bridgehead atoms. The number of likely N-dealkylation sites (N-methyl/N-ethyl adjacent to an activating group) is 1. The molecule has 1 aliphatic rings. The zero-order valence-electron chi connectivity index (χ0n) is 11.4. The number of amides is 1. The van der Waals surface area contributed by atoms with Crippen LogP contribution in [-0.4, -0.2) is 86.3 Å². The second-order valence-corrected chi connectivity index (χ2v) is 4.73. The van der Waals surface area contributed by atoms with Gasteiger partial charge in [-0.3, -0.25) is 4.79 Å². The van der Waals surface area contributed by atoms with Gasteiger partial charge in [-0.05, 0) is 20.0 Å². The summed E-state index contributed by atoms with van der Waals surface area (Å²) < 4.78 is 4.69. The first-order chi connectivity index (χ1) is 9.08. The Hall–Kier alpha value is -1.18. The van der Waals surface area contributed by atoms with Gasteiger partial charge in [0, 0.05) is 32.7 Å². The van der Waals surface area contributed by atoms with Gasteiger partial charge < -0.3 is 25.0 Å². The maximum atomic E-state index is 11.3. The minimum absolute atomic E-state index is 0.194. The summed E-state index contributed by atoms with van der Waals surface area (Å²) in [7, 11) is 2.12. The van der Waals surface area contributed by atoms with Gasteiger partial charge >= 0.3 is 5.97 Å². The Morgan fingerprint density at radius 3 is 2.53 bits per heavy atom. The average molecular weight is 273 g/mol. The van der Waals surface area contributed by atoms with Crippen molar-refractivity contribution in [3.8, 4) is 0 Å². The first kappa shape index (κ1) is 15.9. The van der Waals surface area contributed by atoms with Gasteiger partial charge in [0.05, 0.1) is 0 Å². The van der Waals surface area contributed by atoms with Gasteiger partial charge in [-0.15, -0.1) is 0 Å². The number of aliphatic carboxylic acids is 1. The summed E-state index contributed by atoms with van der Waals surface area (Å²) in [5.74, 6) is -1.33. The first-order valence-electron chi connectivity index (χ1n) is 6.55. The lowest BCUT2D eigenvalue weighted by Gasteiger charge is -2.32. The molecule has 0 radical (unpaired) electrons. The molecule has 0 aliphatic carbocycles. The fraction of sp³-hybridized carbons (Fsp3) is 0.833. The molecule has 0 aromatic rings. The van der Waals surface area contributed by atoms with E-state index in [1.807, 2.05) is 0 Å². The molecule has 7 heteroatoms. The number of ether oxygens (including phenoxy) is 1. The van der Waals surface area contributed by atoms with Crippen LogP contribution < -0.4 is 5.32 Å². The molecule has 0 spiro atoms. The predicted octanol–water partition coefficient (Wildman–Crippen LogP) is -1.16. The van der Waals surface area contributed by atoms with E-state index in [1.54, 1.807) is 0 Å². The number of carboxylic acids is 1. The molecule has 1 aliphatic heterocycles. The lowest BCUT2D eigenvalue weighted by atomic mass is 10.3. The maximum absolute atomic E-state index is 11.3. The zero-order chi connectivity index (χ0) is 14.1. The number of carbonyl (C=O) groups excluding carboxylic acids is 1. The van der Waals surface area contributed by atoms with Crippen molar-refractivity contribution in [1.29, 1.82) is 0 Å². The number of rotatable bonds is 8. The Labute approximate surface area is 113 Å². The van der Waals surface area contributed by atoms with E-state index in [0.717, 1.165) is 39.1 Å². The van der Waals surface area contributed by atoms with Crippen LogP contribution in [0.1, 0.15) is 6.42 Å². The zero-order valence-corrected chi connectivity index (χ0v) is 11.4. The standard InChI is InChI=1S/C12H23N3O4/c1-14-5-7-15(8-6-14)4-2-3-13-11(16)9-19-10-12(17)18/h2-10H2,1H3,(H,13,16)(H,17,18). The predicted molar refractivity (Wildman–Crippen MR) is 70.0 cm³/mol. The summed E-state index contributed by atoms with van der Waals surface area (Å²) >= 11 is 0. The van der Waals surface area contributed by atoms with Crippen LogP contribution in [0.2, 0.25) is 0 Å². The van der Waals surface area contributed by atoms with Gasteiger partial charge in [0.1, 0.15) is 13.2 Å². The van der Waals surface area contributed by atoms with E-state index < -0.39 is 12.6 Å². The molecular weight excluding hydrogens is 250 g/mol. The first-order valence-corrected chi connectivity index (χ1v) is 6.55. The Bertz CT molecular complexity index is 291. The topological polar surface area (TPSA) is 82.1 Å². The number of hydrogen-bond donors (Lipinski definition) is 2. The van der Waals surface area contributed by atoms with Crippen molar-refractivity contribution >= 4 is 11.9 Å².